The zero-order valence-corrected chi connectivity index (χ0v) is 14.6. The molecular weight excluding hydrogens is 308 g/mol. The van der Waals surface area contributed by atoms with Crippen LogP contribution in [-0.2, 0) is 9.53 Å². The monoisotopic (exact) mass is 333 g/mol. The number of hydrogen-bond acceptors (Lipinski definition) is 5. The Labute approximate surface area is 143 Å². The van der Waals surface area contributed by atoms with Crippen molar-refractivity contribution in [1.82, 2.24) is 0 Å². The van der Waals surface area contributed by atoms with Gasteiger partial charge in [0.1, 0.15) is 5.75 Å². The number of ketones is 1. The highest BCUT2D eigenvalue weighted by Gasteiger charge is 2.15. The van der Waals surface area contributed by atoms with E-state index < -0.39 is 6.16 Å². The van der Waals surface area contributed by atoms with E-state index in [1.165, 1.54) is 18.6 Å². The molecule has 0 spiro atoms. The third-order valence-electron chi connectivity index (χ3n) is 3.44. The van der Waals surface area contributed by atoms with E-state index in [0.29, 0.717) is 12.0 Å². The van der Waals surface area contributed by atoms with Crippen LogP contribution in [0.1, 0.15) is 75.2 Å². The van der Waals surface area contributed by atoms with Gasteiger partial charge in [-0.2, -0.15) is 0 Å². The van der Waals surface area contributed by atoms with Crippen molar-refractivity contribution in [3.05, 3.63) is 29.3 Å². The first-order valence-corrected chi connectivity index (χ1v) is 8.41. The Hall–Kier alpha value is -2.17. The summed E-state index contributed by atoms with van der Waals surface area (Å²) in [7, 11) is 0. The van der Waals surface area contributed by atoms with E-state index in [9.17, 15) is 14.4 Å². The largest absolute Gasteiger partial charge is 0.514 e. The Balaban J connectivity index is 2.66. The van der Waals surface area contributed by atoms with Gasteiger partial charge in [0, 0.05) is 12.0 Å². The maximum absolute atomic E-state index is 12.2. The van der Waals surface area contributed by atoms with Gasteiger partial charge in [-0.3, -0.25) is 9.59 Å². The quantitative estimate of drug-likeness (QED) is 0.271. The van der Waals surface area contributed by atoms with Gasteiger partial charge in [-0.1, -0.05) is 32.6 Å². The molecule has 0 unspecified atom stereocenters. The molecule has 1 aromatic rings. The van der Waals surface area contributed by atoms with Gasteiger partial charge in [0.15, 0.2) is 5.78 Å². The van der Waals surface area contributed by atoms with Crippen LogP contribution in [0.3, 0.4) is 0 Å². The summed E-state index contributed by atoms with van der Waals surface area (Å²) >= 11 is 0. The molecular formula is C19H25O5. The highest BCUT2D eigenvalue weighted by atomic mass is 16.7. The molecule has 0 saturated carbocycles. The van der Waals surface area contributed by atoms with Crippen LogP contribution in [-0.4, -0.2) is 24.3 Å². The number of carbonyl (C=O) groups is 2. The first-order valence-electron chi connectivity index (χ1n) is 8.41. The summed E-state index contributed by atoms with van der Waals surface area (Å²) in [6, 6.07) is 4.37. The zero-order valence-electron chi connectivity index (χ0n) is 14.6. The van der Waals surface area contributed by atoms with E-state index >= 15 is 0 Å². The number of ether oxygens (including phenoxy) is 2. The molecule has 5 nitrogen and oxygen atoms in total. The molecule has 0 aromatic heterocycles. The molecule has 1 radical (unpaired) electrons. The van der Waals surface area contributed by atoms with E-state index in [0.717, 1.165) is 25.7 Å². The summed E-state index contributed by atoms with van der Waals surface area (Å²) in [5.41, 5.74) is 0.459. The van der Waals surface area contributed by atoms with Gasteiger partial charge in [0.2, 0.25) is 6.29 Å². The number of rotatable bonds is 10. The van der Waals surface area contributed by atoms with Crippen molar-refractivity contribution in [3.63, 3.8) is 0 Å². The van der Waals surface area contributed by atoms with Crippen molar-refractivity contribution in [2.75, 3.05) is 0 Å². The van der Waals surface area contributed by atoms with E-state index in [1.807, 2.05) is 0 Å². The number of carbonyl (C=O) groups excluding carboxylic acids is 3. The Bertz CT molecular complexity index is 563. The second-order valence-corrected chi connectivity index (χ2v) is 5.92. The van der Waals surface area contributed by atoms with Crippen LogP contribution >= 0.6 is 0 Å². The lowest BCUT2D eigenvalue weighted by molar-refractivity contribution is 0.0728. The predicted octanol–water partition coefficient (Wildman–Crippen LogP) is 4.61. The van der Waals surface area contributed by atoms with E-state index in [1.54, 1.807) is 26.2 Å². The SMILES string of the molecule is CCCCCCCC(=O)c1ccc(OC(=O)OC(C)C)c([C]=O)c1. The number of Topliss-reactive ketones (excluding diaryl/α,β-unsaturated/α-hetero) is 1. The minimum absolute atomic E-state index is 0.0284. The van der Waals surface area contributed by atoms with Gasteiger partial charge < -0.3 is 9.47 Å². The molecule has 0 amide bonds. The Kier molecular flexibility index (Phi) is 8.76. The molecule has 0 saturated heterocycles. The molecule has 0 fully saturated rings. The standard InChI is InChI=1S/C19H25O5/c1-4-5-6-7-8-9-17(21)15-10-11-18(16(12-15)13-20)24-19(22)23-14(2)3/h10-12,14H,4-9H2,1-3H3. The third kappa shape index (κ3) is 6.94. The predicted molar refractivity (Wildman–Crippen MR) is 91.2 cm³/mol. The Morgan fingerprint density at radius 2 is 1.83 bits per heavy atom. The van der Waals surface area contributed by atoms with Crippen LogP contribution in [0.5, 0.6) is 5.75 Å². The van der Waals surface area contributed by atoms with E-state index in [4.69, 9.17) is 9.47 Å². The number of benzene rings is 1. The summed E-state index contributed by atoms with van der Waals surface area (Å²) in [4.78, 5) is 34.7. The van der Waals surface area contributed by atoms with Gasteiger partial charge in [0.05, 0.1) is 11.7 Å². The fraction of sp³-hybridized carbons (Fsp3) is 0.526. The molecule has 131 valence electrons. The minimum atomic E-state index is -0.892. The lowest BCUT2D eigenvalue weighted by atomic mass is 10.0. The molecule has 0 N–H and O–H groups in total. The average Bonchev–Trinajstić information content (AvgIpc) is 2.54. The summed E-state index contributed by atoms with van der Waals surface area (Å²) in [6.45, 7) is 5.52. The topological polar surface area (TPSA) is 69.7 Å². The van der Waals surface area contributed by atoms with Crippen molar-refractivity contribution < 1.29 is 23.9 Å². The fourth-order valence-corrected chi connectivity index (χ4v) is 2.21. The van der Waals surface area contributed by atoms with E-state index in [2.05, 4.69) is 6.92 Å². The minimum Gasteiger partial charge on any atom is -0.431 e. The number of hydrogen-bond donors (Lipinski definition) is 0. The highest BCUT2D eigenvalue weighted by Crippen LogP contribution is 2.21. The second-order valence-electron chi connectivity index (χ2n) is 5.92. The lowest BCUT2D eigenvalue weighted by Gasteiger charge is -2.10. The second kappa shape index (κ2) is 10.6. The van der Waals surface area contributed by atoms with Gasteiger partial charge in [-0.15, -0.1) is 0 Å². The molecule has 0 heterocycles. The molecule has 1 rings (SSSR count). The van der Waals surface area contributed by atoms with Gasteiger partial charge in [0.25, 0.3) is 0 Å². The molecule has 0 aliphatic rings. The fourth-order valence-electron chi connectivity index (χ4n) is 2.21. The van der Waals surface area contributed by atoms with Crippen LogP contribution in [0, 0.1) is 0 Å². The highest BCUT2D eigenvalue weighted by molar-refractivity contribution is 5.98. The van der Waals surface area contributed by atoms with E-state index in [-0.39, 0.29) is 23.2 Å². The maximum atomic E-state index is 12.2. The van der Waals surface area contributed by atoms with Crippen molar-refractivity contribution in [2.24, 2.45) is 0 Å². The molecule has 0 atom stereocenters. The van der Waals surface area contributed by atoms with Crippen molar-refractivity contribution in [2.45, 2.75) is 65.4 Å². The van der Waals surface area contributed by atoms with Gasteiger partial charge in [-0.25, -0.2) is 4.79 Å². The average molecular weight is 333 g/mol. The molecule has 1 aromatic carbocycles. The van der Waals surface area contributed by atoms with Crippen molar-refractivity contribution in [1.29, 1.82) is 0 Å². The molecule has 0 aliphatic heterocycles. The van der Waals surface area contributed by atoms with Gasteiger partial charge >= 0.3 is 6.16 Å². The zero-order chi connectivity index (χ0) is 17.9. The molecule has 5 heteroatoms. The van der Waals surface area contributed by atoms with Crippen LogP contribution in [0.2, 0.25) is 0 Å². The Morgan fingerprint density at radius 1 is 1.12 bits per heavy atom. The van der Waals surface area contributed by atoms with Crippen molar-refractivity contribution in [3.8, 4) is 5.75 Å². The number of unbranched alkanes of at least 4 members (excludes halogenated alkanes) is 4. The van der Waals surface area contributed by atoms with Crippen molar-refractivity contribution >= 4 is 18.2 Å². The molecule has 24 heavy (non-hydrogen) atoms. The maximum Gasteiger partial charge on any atom is 0.514 e. The summed E-state index contributed by atoms with van der Waals surface area (Å²) in [6.07, 6.45) is 6.24. The first kappa shape index (κ1) is 19.9. The summed E-state index contributed by atoms with van der Waals surface area (Å²) in [5, 5.41) is 0. The van der Waals surface area contributed by atoms with Gasteiger partial charge in [-0.05, 0) is 38.5 Å². The van der Waals surface area contributed by atoms with Crippen LogP contribution in [0.15, 0.2) is 18.2 Å². The molecule has 0 bridgehead atoms. The lowest BCUT2D eigenvalue weighted by Crippen LogP contribution is -2.16. The smallest absolute Gasteiger partial charge is 0.431 e. The van der Waals surface area contributed by atoms with Crippen LogP contribution in [0.25, 0.3) is 0 Å². The third-order valence-corrected chi connectivity index (χ3v) is 3.44. The van der Waals surface area contributed by atoms with Crippen LogP contribution < -0.4 is 4.74 Å². The summed E-state index contributed by atoms with van der Waals surface area (Å²) < 4.78 is 9.83. The normalized spacial score (nSPS) is 10.5. The summed E-state index contributed by atoms with van der Waals surface area (Å²) in [5.74, 6) is 0.00875. The first-order chi connectivity index (χ1) is 11.5. The van der Waals surface area contributed by atoms with Crippen LogP contribution in [0.4, 0.5) is 4.79 Å². The Morgan fingerprint density at radius 3 is 2.46 bits per heavy atom. The molecule has 0 aliphatic carbocycles.